The van der Waals surface area contributed by atoms with Gasteiger partial charge in [-0.05, 0) is 54.5 Å². The van der Waals surface area contributed by atoms with Gasteiger partial charge in [0.05, 0.1) is 0 Å². The molecule has 0 nitrogen and oxygen atoms in total. The van der Waals surface area contributed by atoms with E-state index in [-0.39, 0.29) is 14.9 Å². The fraction of sp³-hybridized carbons (Fsp3) is 0.200. The van der Waals surface area contributed by atoms with Crippen molar-refractivity contribution in [3.63, 3.8) is 0 Å². The summed E-state index contributed by atoms with van der Waals surface area (Å²) < 4.78 is 0. The van der Waals surface area contributed by atoms with Crippen molar-refractivity contribution >= 4 is 28.4 Å². The molecular weight excluding hydrogens is 600 g/mol. The van der Waals surface area contributed by atoms with Gasteiger partial charge in [-0.25, -0.2) is 0 Å². The Bertz CT molecular complexity index is 1750. The van der Waals surface area contributed by atoms with Crippen LogP contribution >= 0.6 is 0 Å². The van der Waals surface area contributed by atoms with Crippen molar-refractivity contribution in [2.45, 2.75) is 54.4 Å². The molecule has 0 aliphatic carbocycles. The summed E-state index contributed by atoms with van der Waals surface area (Å²) in [7, 11) is 0. The van der Waals surface area contributed by atoms with Gasteiger partial charge in [0, 0.05) is 0 Å². The Morgan fingerprint density at radius 1 is 0.595 bits per heavy atom. The van der Waals surface area contributed by atoms with E-state index in [0.29, 0.717) is 5.92 Å². The van der Waals surface area contributed by atoms with Crippen LogP contribution in [0.25, 0.3) is 43.8 Å². The van der Waals surface area contributed by atoms with Gasteiger partial charge in [-0.15, -0.1) is 68.6 Å². The molecule has 0 N–H and O–H groups in total. The number of aryl methyl sites for hydroxylation is 3. The molecule has 0 saturated heterocycles. The van der Waals surface area contributed by atoms with Gasteiger partial charge in [0.2, 0.25) is 0 Å². The van der Waals surface area contributed by atoms with Gasteiger partial charge in [0.1, 0.15) is 0 Å². The van der Waals surface area contributed by atoms with Gasteiger partial charge in [-0.2, -0.15) is 12.1 Å². The third-order valence-corrected chi connectivity index (χ3v) is 8.12. The quantitative estimate of drug-likeness (QED) is 0.133. The second-order valence-electron chi connectivity index (χ2n) is 11.1. The van der Waals surface area contributed by atoms with E-state index in [1.165, 1.54) is 101 Å². The molecule has 2 radical (unpaired) electrons. The van der Waals surface area contributed by atoms with Crippen molar-refractivity contribution in [3.05, 3.63) is 145 Å². The van der Waals surface area contributed by atoms with Crippen molar-refractivity contribution in [1.82, 2.24) is 0 Å². The van der Waals surface area contributed by atoms with Crippen LogP contribution in [0.5, 0.6) is 0 Å². The molecule has 0 spiro atoms. The summed E-state index contributed by atoms with van der Waals surface area (Å²) >= 11 is 1.36. The number of hydrogen-bond donors (Lipinski definition) is 0. The fourth-order valence-corrected chi connectivity index (χ4v) is 5.53. The van der Waals surface area contributed by atoms with E-state index in [0.717, 1.165) is 0 Å². The molecule has 0 fully saturated rings. The van der Waals surface area contributed by atoms with Gasteiger partial charge in [0.15, 0.2) is 0 Å². The summed E-state index contributed by atoms with van der Waals surface area (Å²) in [4.78, 5) is 0. The van der Waals surface area contributed by atoms with Crippen LogP contribution in [0, 0.1) is 49.5 Å². The Morgan fingerprint density at radius 2 is 1.24 bits per heavy atom. The summed E-state index contributed by atoms with van der Waals surface area (Å²) in [5.41, 5.74) is 13.6. The minimum absolute atomic E-state index is 0. The molecule has 216 valence electrons. The predicted octanol–water partition coefficient (Wildman–Crippen LogP) is 11.6. The van der Waals surface area contributed by atoms with Crippen LogP contribution < -0.4 is 0 Å². The van der Waals surface area contributed by atoms with Gasteiger partial charge in [-0.1, -0.05) is 93.4 Å². The van der Waals surface area contributed by atoms with Gasteiger partial charge < -0.3 is 14.9 Å². The molecule has 6 aromatic rings. The van der Waals surface area contributed by atoms with E-state index >= 15 is 0 Å². The van der Waals surface area contributed by atoms with E-state index < -0.39 is 0 Å². The SMILES string of the molecule is Cc1cc2c(-c3ccccc3)ccc(C)c2[cH-]1.Cc1ccc(-c2cccc3[cH-]c(C(C)C)cc23)c(C)c1C.[CH3-].[CH3-].[Si]=[Zr]. The molecule has 6 aromatic carbocycles. The average molecular weight is 644 g/mol. The first-order valence-corrected chi connectivity index (χ1v) is 18.2. The van der Waals surface area contributed by atoms with Crippen LogP contribution in [-0.2, 0) is 23.3 Å². The third kappa shape index (κ3) is 7.39. The third-order valence-electron chi connectivity index (χ3n) is 8.12. The second-order valence-corrected chi connectivity index (χ2v) is 11.1. The number of hydrogen-bond acceptors (Lipinski definition) is 0. The molecule has 42 heavy (non-hydrogen) atoms. The van der Waals surface area contributed by atoms with E-state index in [4.69, 9.17) is 0 Å². The normalized spacial score (nSPS) is 10.3. The molecule has 2 heteroatoms. The Kier molecular flexibility index (Phi) is 13.2. The number of rotatable bonds is 3. The van der Waals surface area contributed by atoms with E-state index in [9.17, 15) is 0 Å². The first-order chi connectivity index (χ1) is 19.2. The molecule has 0 aromatic heterocycles. The monoisotopic (exact) mass is 642 g/mol. The molecule has 0 aliphatic rings. The average Bonchev–Trinajstić information content (AvgIpc) is 3.59. The molecule has 0 bridgehead atoms. The minimum atomic E-state index is 0. The van der Waals surface area contributed by atoms with Gasteiger partial charge in [0.25, 0.3) is 0 Å². The molecule has 0 aliphatic heterocycles. The standard InChI is InChI=1S/C21H23.C17H15.2CH3.Si.Zr/c1-13(2)18-11-17-7-6-8-20(21(17)12-18)19-10-9-14(3)15(4)16(19)5;1-12-10-16-13(2)8-9-15(17(16)11-12)14-6-4-3-5-7-14;;;;/h6-13H,1-5H3;3-11H,1-2H3;2*1H3;;/q4*-1;;. The molecule has 0 heterocycles. The van der Waals surface area contributed by atoms with Crippen LogP contribution in [-0.4, -0.2) is 6.88 Å². The van der Waals surface area contributed by atoms with Crippen LogP contribution in [0.1, 0.15) is 53.1 Å². The zero-order valence-electron chi connectivity index (χ0n) is 26.8. The maximum absolute atomic E-state index is 3.06. The molecule has 0 saturated carbocycles. The summed E-state index contributed by atoms with van der Waals surface area (Å²) in [5, 5.41) is 5.49. The van der Waals surface area contributed by atoms with Gasteiger partial charge >= 0.3 is 30.2 Å². The summed E-state index contributed by atoms with van der Waals surface area (Å²) in [6.45, 7) is 18.6. The molecule has 0 atom stereocenters. The van der Waals surface area contributed by atoms with Crippen LogP contribution in [0.3, 0.4) is 0 Å². The van der Waals surface area contributed by atoms with Crippen LogP contribution in [0.15, 0.2) is 97.1 Å². The van der Waals surface area contributed by atoms with E-state index in [1.54, 1.807) is 0 Å². The van der Waals surface area contributed by atoms with Crippen molar-refractivity contribution < 1.29 is 23.3 Å². The molecular formula is C40H44SiZr-4. The van der Waals surface area contributed by atoms with E-state index in [1.807, 2.05) is 0 Å². The second kappa shape index (κ2) is 15.6. The summed E-state index contributed by atoms with van der Waals surface area (Å²) in [6, 6.07) is 35.5. The van der Waals surface area contributed by atoms with Crippen molar-refractivity contribution in [2.75, 3.05) is 0 Å². The number of fused-ring (bicyclic) bond motifs is 2. The van der Waals surface area contributed by atoms with Crippen LogP contribution in [0.4, 0.5) is 0 Å². The van der Waals surface area contributed by atoms with Crippen molar-refractivity contribution in [1.29, 1.82) is 0 Å². The van der Waals surface area contributed by atoms with E-state index in [2.05, 4.69) is 152 Å². The first-order valence-electron chi connectivity index (χ1n) is 14.0. The Morgan fingerprint density at radius 3 is 1.90 bits per heavy atom. The van der Waals surface area contributed by atoms with Gasteiger partial charge in [-0.3, -0.25) is 0 Å². The number of benzene rings is 4. The summed E-state index contributed by atoms with van der Waals surface area (Å²) in [5.74, 6) is 0.575. The Hall–Kier alpha value is -2.80. The topological polar surface area (TPSA) is 0 Å². The molecule has 0 amide bonds. The molecule has 0 unspecified atom stereocenters. The first kappa shape index (κ1) is 35.4. The molecule has 6 rings (SSSR count). The van der Waals surface area contributed by atoms with Crippen LogP contribution in [0.2, 0.25) is 0 Å². The van der Waals surface area contributed by atoms with Crippen molar-refractivity contribution in [2.24, 2.45) is 0 Å². The predicted molar refractivity (Wildman–Crippen MR) is 186 cm³/mol. The fourth-order valence-electron chi connectivity index (χ4n) is 5.53. The Labute approximate surface area is 272 Å². The Balaban J connectivity index is 0.000000270. The zero-order valence-corrected chi connectivity index (χ0v) is 30.3. The summed E-state index contributed by atoms with van der Waals surface area (Å²) in [6.07, 6.45) is 0. The maximum atomic E-state index is 3.06. The van der Waals surface area contributed by atoms with Crippen molar-refractivity contribution in [3.8, 4) is 22.3 Å². The zero-order chi connectivity index (χ0) is 29.0.